The van der Waals surface area contributed by atoms with Gasteiger partial charge in [-0.1, -0.05) is 88.3 Å². The molecule has 0 fully saturated rings. The summed E-state index contributed by atoms with van der Waals surface area (Å²) in [6.45, 7) is 2.27. The quantitative estimate of drug-likeness (QED) is 0.436. The largest absolute Gasteiger partial charge is 0.398 e. The molecule has 0 aliphatic rings. The first-order chi connectivity index (χ1) is 10.3. The van der Waals surface area contributed by atoms with Crippen LogP contribution in [0.2, 0.25) is 0 Å². The minimum absolute atomic E-state index is 0.982. The Labute approximate surface area is 129 Å². The average Bonchev–Trinajstić information content (AvgIpc) is 2.52. The van der Waals surface area contributed by atoms with Crippen LogP contribution in [0.15, 0.2) is 36.4 Å². The average molecular weight is 283 g/mol. The van der Waals surface area contributed by atoms with Gasteiger partial charge >= 0.3 is 0 Å². The standard InChI is InChI=1S/C20H29N/c1-2-3-4-5-6-7-8-9-13-18-16-15-17-12-10-11-14-19(17)20(18)21/h10-12,14-16H,2-9,13,21H2,1H3. The highest BCUT2D eigenvalue weighted by Crippen LogP contribution is 2.26. The van der Waals surface area contributed by atoms with E-state index in [4.69, 9.17) is 5.73 Å². The van der Waals surface area contributed by atoms with Crippen LogP contribution in [0, 0.1) is 0 Å². The lowest BCUT2D eigenvalue weighted by atomic mass is 9.99. The van der Waals surface area contributed by atoms with Gasteiger partial charge in [-0.15, -0.1) is 0 Å². The van der Waals surface area contributed by atoms with E-state index in [0.29, 0.717) is 0 Å². The molecular formula is C20H29N. The molecule has 0 heterocycles. The minimum atomic E-state index is 0.982. The number of unbranched alkanes of at least 4 members (excludes halogenated alkanes) is 7. The van der Waals surface area contributed by atoms with E-state index in [1.54, 1.807) is 0 Å². The van der Waals surface area contributed by atoms with Gasteiger partial charge in [-0.25, -0.2) is 0 Å². The molecular weight excluding hydrogens is 254 g/mol. The van der Waals surface area contributed by atoms with Gasteiger partial charge in [-0.2, -0.15) is 0 Å². The topological polar surface area (TPSA) is 26.0 Å². The van der Waals surface area contributed by atoms with Crippen LogP contribution >= 0.6 is 0 Å². The summed E-state index contributed by atoms with van der Waals surface area (Å²) in [4.78, 5) is 0. The summed E-state index contributed by atoms with van der Waals surface area (Å²) >= 11 is 0. The van der Waals surface area contributed by atoms with E-state index in [9.17, 15) is 0 Å². The van der Waals surface area contributed by atoms with Gasteiger partial charge < -0.3 is 5.73 Å². The zero-order valence-electron chi connectivity index (χ0n) is 13.4. The maximum Gasteiger partial charge on any atom is 0.0426 e. The van der Waals surface area contributed by atoms with Crippen molar-refractivity contribution < 1.29 is 0 Å². The van der Waals surface area contributed by atoms with E-state index in [0.717, 1.165) is 12.1 Å². The van der Waals surface area contributed by atoms with E-state index in [2.05, 4.69) is 43.3 Å². The van der Waals surface area contributed by atoms with E-state index >= 15 is 0 Å². The lowest BCUT2D eigenvalue weighted by molar-refractivity contribution is 0.576. The molecule has 0 atom stereocenters. The third-order valence-electron chi connectivity index (χ3n) is 4.36. The molecule has 0 amide bonds. The zero-order valence-corrected chi connectivity index (χ0v) is 13.4. The van der Waals surface area contributed by atoms with Gasteiger partial charge in [0.1, 0.15) is 0 Å². The van der Waals surface area contributed by atoms with Crippen LogP contribution < -0.4 is 5.73 Å². The van der Waals surface area contributed by atoms with Crippen LogP contribution in [0.25, 0.3) is 10.8 Å². The Kier molecular flexibility index (Phi) is 6.59. The number of hydrogen-bond donors (Lipinski definition) is 1. The summed E-state index contributed by atoms with van der Waals surface area (Å²) in [6.07, 6.45) is 12.0. The highest BCUT2D eigenvalue weighted by atomic mass is 14.6. The molecule has 0 aromatic heterocycles. The van der Waals surface area contributed by atoms with Crippen molar-refractivity contribution in [2.24, 2.45) is 0 Å². The van der Waals surface area contributed by atoms with Gasteiger partial charge in [-0.05, 0) is 23.8 Å². The Morgan fingerprint density at radius 1 is 0.762 bits per heavy atom. The number of aryl methyl sites for hydroxylation is 1. The van der Waals surface area contributed by atoms with Gasteiger partial charge in [0.25, 0.3) is 0 Å². The summed E-state index contributed by atoms with van der Waals surface area (Å²) in [7, 11) is 0. The maximum absolute atomic E-state index is 6.31. The monoisotopic (exact) mass is 283 g/mol. The molecule has 1 heteroatoms. The van der Waals surface area contributed by atoms with Crippen LogP contribution in [-0.2, 0) is 6.42 Å². The fourth-order valence-electron chi connectivity index (χ4n) is 3.01. The number of nitrogens with two attached hydrogens (primary N) is 1. The van der Waals surface area contributed by atoms with Crippen molar-refractivity contribution in [3.63, 3.8) is 0 Å². The third kappa shape index (κ3) is 4.77. The summed E-state index contributed by atoms with van der Waals surface area (Å²) < 4.78 is 0. The fourth-order valence-corrected chi connectivity index (χ4v) is 3.01. The molecule has 0 bridgehead atoms. The van der Waals surface area contributed by atoms with E-state index in [1.807, 2.05) is 0 Å². The van der Waals surface area contributed by atoms with Crippen LogP contribution in [0.3, 0.4) is 0 Å². The van der Waals surface area contributed by atoms with Gasteiger partial charge in [0.15, 0.2) is 0 Å². The van der Waals surface area contributed by atoms with Crippen molar-refractivity contribution in [1.82, 2.24) is 0 Å². The molecule has 0 radical (unpaired) electrons. The summed E-state index contributed by atoms with van der Waals surface area (Å²) in [5.74, 6) is 0. The molecule has 2 rings (SSSR count). The predicted molar refractivity (Wildman–Crippen MR) is 94.7 cm³/mol. The van der Waals surface area contributed by atoms with Crippen molar-refractivity contribution in [1.29, 1.82) is 0 Å². The Hall–Kier alpha value is -1.50. The Bertz CT molecular complexity index is 545. The smallest absolute Gasteiger partial charge is 0.0426 e. The zero-order chi connectivity index (χ0) is 14.9. The van der Waals surface area contributed by atoms with Gasteiger partial charge in [0.05, 0.1) is 0 Å². The number of fused-ring (bicyclic) bond motifs is 1. The maximum atomic E-state index is 6.31. The number of hydrogen-bond acceptors (Lipinski definition) is 1. The summed E-state index contributed by atoms with van der Waals surface area (Å²) in [5, 5.41) is 2.45. The molecule has 0 spiro atoms. The van der Waals surface area contributed by atoms with Crippen molar-refractivity contribution in [2.75, 3.05) is 5.73 Å². The SMILES string of the molecule is CCCCCCCCCCc1ccc2ccccc2c1N. The first kappa shape index (κ1) is 15.9. The molecule has 21 heavy (non-hydrogen) atoms. The second kappa shape index (κ2) is 8.71. The molecule has 0 saturated carbocycles. The lowest BCUT2D eigenvalue weighted by Gasteiger charge is -2.09. The molecule has 0 aliphatic carbocycles. The number of benzene rings is 2. The first-order valence-electron chi connectivity index (χ1n) is 8.59. The van der Waals surface area contributed by atoms with Crippen LogP contribution in [-0.4, -0.2) is 0 Å². The van der Waals surface area contributed by atoms with Crippen molar-refractivity contribution >= 4 is 16.5 Å². The summed E-state index contributed by atoms with van der Waals surface area (Å²) in [5.41, 5.74) is 8.62. The lowest BCUT2D eigenvalue weighted by Crippen LogP contribution is -1.96. The molecule has 0 saturated heterocycles. The van der Waals surface area contributed by atoms with Crippen molar-refractivity contribution in [3.05, 3.63) is 42.0 Å². The van der Waals surface area contributed by atoms with Crippen LogP contribution in [0.4, 0.5) is 5.69 Å². The Balaban J connectivity index is 1.75. The van der Waals surface area contributed by atoms with Crippen LogP contribution in [0.1, 0.15) is 63.9 Å². The normalized spacial score (nSPS) is 11.1. The number of anilines is 1. The van der Waals surface area contributed by atoms with Gasteiger partial charge in [-0.3, -0.25) is 0 Å². The highest BCUT2D eigenvalue weighted by molar-refractivity contribution is 5.94. The Morgan fingerprint density at radius 3 is 2.19 bits per heavy atom. The fraction of sp³-hybridized carbons (Fsp3) is 0.500. The first-order valence-corrected chi connectivity index (χ1v) is 8.59. The highest BCUT2D eigenvalue weighted by Gasteiger charge is 2.03. The second-order valence-corrected chi connectivity index (χ2v) is 6.08. The van der Waals surface area contributed by atoms with E-state index in [1.165, 1.54) is 67.7 Å². The third-order valence-corrected chi connectivity index (χ3v) is 4.36. The molecule has 0 unspecified atom stereocenters. The molecule has 2 aromatic carbocycles. The number of rotatable bonds is 9. The molecule has 2 aromatic rings. The Morgan fingerprint density at radius 2 is 1.43 bits per heavy atom. The predicted octanol–water partition coefficient (Wildman–Crippen LogP) is 6.11. The van der Waals surface area contributed by atoms with E-state index < -0.39 is 0 Å². The van der Waals surface area contributed by atoms with Crippen LogP contribution in [0.5, 0.6) is 0 Å². The van der Waals surface area contributed by atoms with E-state index in [-0.39, 0.29) is 0 Å². The molecule has 114 valence electrons. The van der Waals surface area contributed by atoms with Gasteiger partial charge in [0, 0.05) is 11.1 Å². The van der Waals surface area contributed by atoms with Crippen molar-refractivity contribution in [2.45, 2.75) is 64.7 Å². The van der Waals surface area contributed by atoms with Crippen molar-refractivity contribution in [3.8, 4) is 0 Å². The van der Waals surface area contributed by atoms with Gasteiger partial charge in [0.2, 0.25) is 0 Å². The molecule has 1 nitrogen and oxygen atoms in total. The molecule has 0 aliphatic heterocycles. The molecule has 2 N–H and O–H groups in total. The number of nitrogen functional groups attached to an aromatic ring is 1. The minimum Gasteiger partial charge on any atom is -0.398 e. The summed E-state index contributed by atoms with van der Waals surface area (Å²) in [6, 6.07) is 12.8. The second-order valence-electron chi connectivity index (χ2n) is 6.08.